The Kier molecular flexibility index (Phi) is 8.76. The highest BCUT2D eigenvalue weighted by Crippen LogP contribution is 2.28. The first-order chi connectivity index (χ1) is 13.1. The molecule has 7 nitrogen and oxygen atoms in total. The van der Waals surface area contributed by atoms with Crippen LogP contribution < -0.4 is 10.6 Å². The number of halogens is 1. The van der Waals surface area contributed by atoms with Crippen LogP contribution in [0.1, 0.15) is 80.5 Å². The Morgan fingerprint density at radius 2 is 2.04 bits per heavy atom. The normalized spacial score (nSPS) is 21.0. The second kappa shape index (κ2) is 10.8. The van der Waals surface area contributed by atoms with E-state index in [0.717, 1.165) is 37.9 Å². The molecule has 1 aromatic rings. The number of carbonyl (C=O) groups is 2. The number of carbonyl (C=O) groups excluding carboxylic acids is 2. The van der Waals surface area contributed by atoms with Crippen LogP contribution in [0.2, 0.25) is 0 Å². The summed E-state index contributed by atoms with van der Waals surface area (Å²) in [6.07, 6.45) is 8.71. The van der Waals surface area contributed by atoms with Crippen molar-refractivity contribution < 1.29 is 14.3 Å². The molecule has 2 heterocycles. The first-order valence-electron chi connectivity index (χ1n) is 10.3. The van der Waals surface area contributed by atoms with Gasteiger partial charge in [-0.05, 0) is 44.7 Å². The number of aryl methyl sites for hydroxylation is 1. The Morgan fingerprint density at radius 1 is 1.29 bits per heavy atom. The fourth-order valence-corrected chi connectivity index (χ4v) is 4.25. The average Bonchev–Trinajstić information content (AvgIpc) is 3.31. The van der Waals surface area contributed by atoms with Gasteiger partial charge in [0.25, 0.3) is 5.91 Å². The third-order valence-electron chi connectivity index (χ3n) is 5.72. The van der Waals surface area contributed by atoms with Gasteiger partial charge in [0, 0.05) is 7.05 Å². The van der Waals surface area contributed by atoms with Crippen molar-refractivity contribution in [2.75, 3.05) is 13.2 Å². The van der Waals surface area contributed by atoms with Crippen molar-refractivity contribution in [2.24, 2.45) is 13.0 Å². The second-order valence-electron chi connectivity index (χ2n) is 7.74. The van der Waals surface area contributed by atoms with Crippen LogP contribution in [0.25, 0.3) is 0 Å². The number of nitrogens with one attached hydrogen (secondary N) is 2. The van der Waals surface area contributed by atoms with E-state index in [-0.39, 0.29) is 30.3 Å². The van der Waals surface area contributed by atoms with E-state index < -0.39 is 6.04 Å². The van der Waals surface area contributed by atoms with Crippen LogP contribution in [0.15, 0.2) is 6.07 Å². The number of hydrogen-bond donors (Lipinski definition) is 2. The topological polar surface area (TPSA) is 85.2 Å². The molecule has 2 aliphatic rings. The average molecular weight is 413 g/mol. The third-order valence-corrected chi connectivity index (χ3v) is 5.72. The van der Waals surface area contributed by atoms with E-state index in [9.17, 15) is 9.59 Å². The molecule has 2 N–H and O–H groups in total. The van der Waals surface area contributed by atoms with Crippen molar-refractivity contribution >= 4 is 24.3 Å². The maximum absolute atomic E-state index is 12.9. The summed E-state index contributed by atoms with van der Waals surface area (Å²) >= 11 is 0. The molecule has 0 aromatic carbocycles. The summed E-state index contributed by atoms with van der Waals surface area (Å²) < 4.78 is 6.82. The lowest BCUT2D eigenvalue weighted by Gasteiger charge is -2.26. The minimum absolute atomic E-state index is 0. The molecule has 2 atom stereocenters. The number of nitrogens with zero attached hydrogens (tertiary/aromatic N) is 2. The summed E-state index contributed by atoms with van der Waals surface area (Å²) in [5, 5.41) is 10.8. The Bertz CT molecular complexity index is 652. The number of hydrogen-bond acceptors (Lipinski definition) is 5. The maximum atomic E-state index is 12.9. The number of amides is 1. The van der Waals surface area contributed by atoms with Crippen LogP contribution in [0.5, 0.6) is 0 Å². The van der Waals surface area contributed by atoms with Gasteiger partial charge in [-0.3, -0.25) is 9.48 Å². The highest BCUT2D eigenvalue weighted by Gasteiger charge is 2.29. The highest BCUT2D eigenvalue weighted by atomic mass is 35.5. The van der Waals surface area contributed by atoms with Gasteiger partial charge in [-0.2, -0.15) is 5.10 Å². The Morgan fingerprint density at radius 3 is 2.68 bits per heavy atom. The molecular formula is C20H33ClN4O3. The Balaban J connectivity index is 0.00000280. The zero-order valence-corrected chi connectivity index (χ0v) is 17.7. The molecule has 0 bridgehead atoms. The van der Waals surface area contributed by atoms with Crippen molar-refractivity contribution in [1.82, 2.24) is 20.4 Å². The van der Waals surface area contributed by atoms with E-state index >= 15 is 0 Å². The Hall–Kier alpha value is -1.60. The summed E-state index contributed by atoms with van der Waals surface area (Å²) in [5.41, 5.74) is 1.37. The van der Waals surface area contributed by atoms with Gasteiger partial charge in [-0.1, -0.05) is 32.1 Å². The van der Waals surface area contributed by atoms with Crippen LogP contribution in [0.4, 0.5) is 0 Å². The fraction of sp³-hybridized carbons (Fsp3) is 0.750. The van der Waals surface area contributed by atoms with Crippen LogP contribution in [0, 0.1) is 5.92 Å². The first kappa shape index (κ1) is 22.7. The molecule has 1 saturated heterocycles. The van der Waals surface area contributed by atoms with E-state index in [1.165, 1.54) is 19.3 Å². The van der Waals surface area contributed by atoms with Crippen LogP contribution in [-0.4, -0.2) is 40.9 Å². The van der Waals surface area contributed by atoms with Gasteiger partial charge < -0.3 is 15.4 Å². The minimum atomic E-state index is -0.594. The SMILES string of the molecule is CCOC(=O)C(CC1CCCCC1)NC(=O)c1cc(C2CCCN2)nn1C.Cl. The molecule has 8 heteroatoms. The molecule has 2 unspecified atom stereocenters. The number of ether oxygens (including phenoxy) is 1. The lowest BCUT2D eigenvalue weighted by atomic mass is 9.85. The van der Waals surface area contributed by atoms with Crippen LogP contribution in [0.3, 0.4) is 0 Å². The van der Waals surface area contributed by atoms with E-state index in [1.54, 1.807) is 18.7 Å². The van der Waals surface area contributed by atoms with E-state index in [1.807, 2.05) is 6.07 Å². The third kappa shape index (κ3) is 5.70. The molecule has 28 heavy (non-hydrogen) atoms. The van der Waals surface area contributed by atoms with E-state index in [0.29, 0.717) is 24.6 Å². The molecule has 1 aromatic heterocycles. The molecule has 158 valence electrons. The number of aromatic nitrogens is 2. The lowest BCUT2D eigenvalue weighted by molar-refractivity contribution is -0.146. The molecule has 1 amide bonds. The predicted molar refractivity (Wildman–Crippen MR) is 110 cm³/mol. The second-order valence-corrected chi connectivity index (χ2v) is 7.74. The van der Waals surface area contributed by atoms with Crippen LogP contribution >= 0.6 is 12.4 Å². The summed E-state index contributed by atoms with van der Waals surface area (Å²) in [7, 11) is 1.77. The zero-order chi connectivity index (χ0) is 19.2. The van der Waals surface area contributed by atoms with Crippen molar-refractivity contribution in [3.05, 3.63) is 17.5 Å². The standard InChI is InChI=1S/C20H32N4O3.ClH/c1-3-27-20(26)17(12-14-8-5-4-6-9-14)22-19(25)18-13-16(23-24(18)2)15-10-7-11-21-15;/h13-15,17,21H,3-12H2,1-2H3,(H,22,25);1H. The van der Waals surface area contributed by atoms with E-state index in [4.69, 9.17) is 4.74 Å². The maximum Gasteiger partial charge on any atom is 0.328 e. The monoisotopic (exact) mass is 412 g/mol. The summed E-state index contributed by atoms with van der Waals surface area (Å²) in [4.78, 5) is 25.3. The quantitative estimate of drug-likeness (QED) is 0.672. The Labute approximate surface area is 173 Å². The van der Waals surface area contributed by atoms with E-state index in [2.05, 4.69) is 15.7 Å². The van der Waals surface area contributed by atoms with Gasteiger partial charge in [0.15, 0.2) is 0 Å². The molecule has 1 aliphatic carbocycles. The van der Waals surface area contributed by atoms with Crippen molar-refractivity contribution in [2.45, 2.75) is 70.4 Å². The molecular weight excluding hydrogens is 380 g/mol. The number of esters is 1. The summed E-state index contributed by atoms with van der Waals surface area (Å²) in [6, 6.07) is 1.45. The van der Waals surface area contributed by atoms with Crippen molar-refractivity contribution in [1.29, 1.82) is 0 Å². The van der Waals surface area contributed by atoms with Gasteiger partial charge >= 0.3 is 5.97 Å². The summed E-state index contributed by atoms with van der Waals surface area (Å²) in [5.74, 6) is -0.127. The smallest absolute Gasteiger partial charge is 0.328 e. The molecule has 2 fully saturated rings. The fourth-order valence-electron chi connectivity index (χ4n) is 4.25. The van der Waals surface area contributed by atoms with Gasteiger partial charge in [-0.25, -0.2) is 4.79 Å². The number of rotatable bonds is 7. The molecule has 0 radical (unpaired) electrons. The summed E-state index contributed by atoms with van der Waals surface area (Å²) in [6.45, 7) is 3.09. The van der Waals surface area contributed by atoms with Crippen LogP contribution in [-0.2, 0) is 16.6 Å². The minimum Gasteiger partial charge on any atom is -0.464 e. The van der Waals surface area contributed by atoms with Gasteiger partial charge in [0.05, 0.1) is 18.3 Å². The molecule has 1 aliphatic heterocycles. The lowest BCUT2D eigenvalue weighted by Crippen LogP contribution is -2.43. The predicted octanol–water partition coefficient (Wildman–Crippen LogP) is 2.90. The zero-order valence-electron chi connectivity index (χ0n) is 16.9. The molecule has 1 saturated carbocycles. The van der Waals surface area contributed by atoms with Gasteiger partial charge in [-0.15, -0.1) is 12.4 Å². The van der Waals surface area contributed by atoms with Crippen molar-refractivity contribution in [3.63, 3.8) is 0 Å². The molecule has 0 spiro atoms. The molecule has 3 rings (SSSR count). The van der Waals surface area contributed by atoms with Gasteiger partial charge in [0.2, 0.25) is 0 Å². The van der Waals surface area contributed by atoms with Crippen molar-refractivity contribution in [3.8, 4) is 0 Å². The largest absolute Gasteiger partial charge is 0.464 e. The van der Waals surface area contributed by atoms with Gasteiger partial charge in [0.1, 0.15) is 11.7 Å². The first-order valence-corrected chi connectivity index (χ1v) is 10.3. The highest BCUT2D eigenvalue weighted by molar-refractivity contribution is 5.95.